The smallest absolute Gasteiger partial charge is 0.133 e. The number of hydrogen-bond acceptors (Lipinski definition) is 3. The maximum Gasteiger partial charge on any atom is 0.133 e. The van der Waals surface area contributed by atoms with Crippen LogP contribution in [0.3, 0.4) is 0 Å². The normalized spacial score (nSPS) is 14.2. The van der Waals surface area contributed by atoms with E-state index in [-0.39, 0.29) is 0 Å². The maximum absolute atomic E-state index is 6.23. The molecular formula is C18H18ClN3S. The van der Waals surface area contributed by atoms with Gasteiger partial charge in [0.1, 0.15) is 5.82 Å². The first kappa shape index (κ1) is 14.8. The number of thiophene rings is 1. The van der Waals surface area contributed by atoms with Crippen LogP contribution in [0.2, 0.25) is 5.02 Å². The van der Waals surface area contributed by atoms with Crippen LogP contribution < -0.4 is 5.32 Å². The summed E-state index contributed by atoms with van der Waals surface area (Å²) in [6.07, 6.45) is 3.44. The summed E-state index contributed by atoms with van der Waals surface area (Å²) in [7, 11) is 0. The van der Waals surface area contributed by atoms with Gasteiger partial charge in [0.25, 0.3) is 0 Å². The van der Waals surface area contributed by atoms with E-state index in [9.17, 15) is 0 Å². The van der Waals surface area contributed by atoms with Crippen molar-refractivity contribution in [3.8, 4) is 16.9 Å². The molecule has 0 spiro atoms. The molecule has 0 aliphatic carbocycles. The molecule has 3 aromatic rings. The molecular weight excluding hydrogens is 326 g/mol. The van der Waals surface area contributed by atoms with Gasteiger partial charge in [0.05, 0.1) is 11.4 Å². The van der Waals surface area contributed by atoms with Crippen LogP contribution in [-0.4, -0.2) is 16.3 Å². The lowest BCUT2D eigenvalue weighted by Gasteiger charge is -2.12. The molecule has 5 heteroatoms. The molecule has 0 fully saturated rings. The number of hydrogen-bond donors (Lipinski definition) is 1. The van der Waals surface area contributed by atoms with Crippen molar-refractivity contribution >= 4 is 28.8 Å². The van der Waals surface area contributed by atoms with Crippen molar-refractivity contribution in [2.24, 2.45) is 0 Å². The third-order valence-corrected chi connectivity index (χ3v) is 5.24. The van der Waals surface area contributed by atoms with E-state index in [4.69, 9.17) is 16.7 Å². The highest BCUT2D eigenvalue weighted by Gasteiger charge is 2.22. The van der Waals surface area contributed by atoms with Gasteiger partial charge >= 0.3 is 0 Å². The van der Waals surface area contributed by atoms with Crippen molar-refractivity contribution in [1.82, 2.24) is 9.78 Å². The largest absolute Gasteiger partial charge is 0.370 e. The molecule has 1 N–H and O–H groups in total. The van der Waals surface area contributed by atoms with Gasteiger partial charge in [-0.1, -0.05) is 17.7 Å². The number of anilines is 1. The number of aryl methyl sites for hydroxylation is 1. The highest BCUT2D eigenvalue weighted by molar-refractivity contribution is 7.08. The predicted molar refractivity (Wildman–Crippen MR) is 98.1 cm³/mol. The van der Waals surface area contributed by atoms with Gasteiger partial charge in [-0.05, 0) is 55.3 Å². The van der Waals surface area contributed by atoms with Gasteiger partial charge < -0.3 is 5.32 Å². The Morgan fingerprint density at radius 1 is 1.26 bits per heavy atom. The summed E-state index contributed by atoms with van der Waals surface area (Å²) in [4.78, 5) is 0. The summed E-state index contributed by atoms with van der Waals surface area (Å²) in [6, 6.07) is 8.12. The second kappa shape index (κ2) is 6.02. The van der Waals surface area contributed by atoms with Gasteiger partial charge in [-0.2, -0.15) is 16.4 Å². The lowest BCUT2D eigenvalue weighted by Crippen LogP contribution is -2.08. The molecule has 0 unspecified atom stereocenters. The van der Waals surface area contributed by atoms with E-state index in [0.29, 0.717) is 0 Å². The summed E-state index contributed by atoms with van der Waals surface area (Å²) in [5.41, 5.74) is 5.83. The van der Waals surface area contributed by atoms with E-state index in [1.54, 1.807) is 11.3 Å². The van der Waals surface area contributed by atoms with Crippen molar-refractivity contribution in [1.29, 1.82) is 0 Å². The van der Waals surface area contributed by atoms with Crippen LogP contribution in [0.5, 0.6) is 0 Å². The van der Waals surface area contributed by atoms with Crippen LogP contribution in [0.1, 0.15) is 24.0 Å². The number of benzene rings is 1. The Labute approximate surface area is 144 Å². The van der Waals surface area contributed by atoms with Crippen molar-refractivity contribution in [3.63, 3.8) is 0 Å². The summed E-state index contributed by atoms with van der Waals surface area (Å²) >= 11 is 7.94. The minimum absolute atomic E-state index is 0.737. The molecule has 0 atom stereocenters. The lowest BCUT2D eigenvalue weighted by atomic mass is 10.1. The zero-order chi connectivity index (χ0) is 15.8. The zero-order valence-electron chi connectivity index (χ0n) is 13.0. The highest BCUT2D eigenvalue weighted by atomic mass is 35.5. The molecule has 1 aliphatic heterocycles. The van der Waals surface area contributed by atoms with Gasteiger partial charge in [0.15, 0.2) is 0 Å². The van der Waals surface area contributed by atoms with Crippen molar-refractivity contribution in [2.75, 3.05) is 11.9 Å². The van der Waals surface area contributed by atoms with Gasteiger partial charge in [-0.3, -0.25) is 0 Å². The first-order valence-electron chi connectivity index (χ1n) is 7.89. The number of halogens is 1. The minimum atomic E-state index is 0.737. The lowest BCUT2D eigenvalue weighted by molar-refractivity contribution is 0.779. The van der Waals surface area contributed by atoms with E-state index >= 15 is 0 Å². The number of nitrogens with zero attached hydrogens (tertiary/aromatic N) is 2. The third kappa shape index (κ3) is 2.66. The molecule has 3 nitrogen and oxygen atoms in total. The Morgan fingerprint density at radius 2 is 2.17 bits per heavy atom. The van der Waals surface area contributed by atoms with Crippen molar-refractivity contribution < 1.29 is 0 Å². The number of nitrogens with one attached hydrogen (secondary N) is 1. The SMILES string of the molecule is Cc1ccc(Cl)cc1-n1nc(-c2ccsc2)c2c1NCCCC2. The van der Waals surface area contributed by atoms with E-state index < -0.39 is 0 Å². The first-order valence-corrected chi connectivity index (χ1v) is 9.21. The predicted octanol–water partition coefficient (Wildman–Crippen LogP) is 5.31. The Bertz CT molecular complexity index is 836. The summed E-state index contributed by atoms with van der Waals surface area (Å²) in [6.45, 7) is 3.09. The van der Waals surface area contributed by atoms with E-state index in [1.165, 1.54) is 29.5 Å². The fraction of sp³-hybridized carbons (Fsp3) is 0.278. The highest BCUT2D eigenvalue weighted by Crippen LogP contribution is 2.35. The number of fused-ring (bicyclic) bond motifs is 1. The average molecular weight is 344 g/mol. The second-order valence-corrected chi connectivity index (χ2v) is 7.13. The third-order valence-electron chi connectivity index (χ3n) is 4.32. The Hall–Kier alpha value is -1.78. The Balaban J connectivity index is 1.95. The Morgan fingerprint density at radius 3 is 3.00 bits per heavy atom. The summed E-state index contributed by atoms with van der Waals surface area (Å²) in [5.74, 6) is 1.12. The maximum atomic E-state index is 6.23. The molecule has 0 bridgehead atoms. The molecule has 2 aromatic heterocycles. The number of rotatable bonds is 2. The summed E-state index contributed by atoms with van der Waals surface area (Å²) in [5, 5.41) is 13.5. The summed E-state index contributed by atoms with van der Waals surface area (Å²) < 4.78 is 2.04. The van der Waals surface area contributed by atoms with Gasteiger partial charge in [0.2, 0.25) is 0 Å². The van der Waals surface area contributed by atoms with E-state index in [0.717, 1.165) is 35.2 Å². The molecule has 118 valence electrons. The van der Waals surface area contributed by atoms with E-state index in [2.05, 4.69) is 29.1 Å². The molecule has 3 heterocycles. The fourth-order valence-corrected chi connectivity index (χ4v) is 3.93. The molecule has 0 saturated carbocycles. The molecule has 1 aromatic carbocycles. The van der Waals surface area contributed by atoms with Crippen molar-refractivity contribution in [2.45, 2.75) is 26.2 Å². The molecule has 0 saturated heterocycles. The van der Waals surface area contributed by atoms with Crippen LogP contribution in [0, 0.1) is 6.92 Å². The molecule has 0 radical (unpaired) electrons. The van der Waals surface area contributed by atoms with Gasteiger partial charge in [-0.15, -0.1) is 0 Å². The zero-order valence-corrected chi connectivity index (χ0v) is 14.5. The van der Waals surface area contributed by atoms with Crippen molar-refractivity contribution in [3.05, 3.63) is 51.2 Å². The number of aromatic nitrogens is 2. The fourth-order valence-electron chi connectivity index (χ4n) is 3.12. The second-order valence-electron chi connectivity index (χ2n) is 5.91. The monoisotopic (exact) mass is 343 g/mol. The molecule has 23 heavy (non-hydrogen) atoms. The van der Waals surface area contributed by atoms with Crippen LogP contribution in [0.4, 0.5) is 5.82 Å². The van der Waals surface area contributed by atoms with Crippen LogP contribution in [0.15, 0.2) is 35.0 Å². The quantitative estimate of drug-likeness (QED) is 0.683. The topological polar surface area (TPSA) is 29.9 Å². The standard InChI is InChI=1S/C18H18ClN3S/c1-12-5-6-14(19)10-16(12)22-18-15(4-2-3-8-20-18)17(21-22)13-7-9-23-11-13/h5-7,9-11,20H,2-4,8H2,1H3. The minimum Gasteiger partial charge on any atom is -0.370 e. The first-order chi connectivity index (χ1) is 11.2. The van der Waals surface area contributed by atoms with Crippen LogP contribution in [-0.2, 0) is 6.42 Å². The van der Waals surface area contributed by atoms with Gasteiger partial charge in [-0.25, -0.2) is 4.68 Å². The van der Waals surface area contributed by atoms with Gasteiger partial charge in [0, 0.05) is 28.1 Å². The Kier molecular flexibility index (Phi) is 3.87. The van der Waals surface area contributed by atoms with Crippen LogP contribution >= 0.6 is 22.9 Å². The molecule has 1 aliphatic rings. The van der Waals surface area contributed by atoms with E-state index in [1.807, 2.05) is 22.9 Å². The molecule has 0 amide bonds. The van der Waals surface area contributed by atoms with Crippen LogP contribution in [0.25, 0.3) is 16.9 Å². The molecule has 4 rings (SSSR count). The average Bonchev–Trinajstić information content (AvgIpc) is 3.12.